The fourth-order valence-electron chi connectivity index (χ4n) is 3.31. The number of ether oxygens (including phenoxy) is 1. The van der Waals surface area contributed by atoms with Crippen LogP contribution in [0.1, 0.15) is 37.6 Å². The predicted octanol–water partition coefficient (Wildman–Crippen LogP) is 3.47. The summed E-state index contributed by atoms with van der Waals surface area (Å²) in [5.74, 6) is 1.68. The lowest BCUT2D eigenvalue weighted by Crippen LogP contribution is -2.37. The topological polar surface area (TPSA) is 51.4 Å². The van der Waals surface area contributed by atoms with Crippen LogP contribution in [-0.2, 0) is 6.42 Å². The Morgan fingerprint density at radius 1 is 1.17 bits per heavy atom. The molecule has 0 radical (unpaired) electrons. The molecule has 2 aromatic rings. The lowest BCUT2D eigenvalue weighted by Gasteiger charge is -2.34. The first kappa shape index (κ1) is 14.3. The van der Waals surface area contributed by atoms with E-state index in [4.69, 9.17) is 9.15 Å². The van der Waals surface area contributed by atoms with Crippen molar-refractivity contribution in [3.05, 3.63) is 41.8 Å². The van der Waals surface area contributed by atoms with Gasteiger partial charge >= 0.3 is 6.01 Å². The summed E-state index contributed by atoms with van der Waals surface area (Å²) in [7, 11) is 0. The highest BCUT2D eigenvalue weighted by Crippen LogP contribution is 2.37. The molecule has 4 rings (SSSR count). The van der Waals surface area contributed by atoms with Crippen molar-refractivity contribution in [2.45, 2.75) is 38.2 Å². The van der Waals surface area contributed by atoms with E-state index in [9.17, 15) is 0 Å². The minimum atomic E-state index is -0.212. The Kier molecular flexibility index (Phi) is 3.56. The Bertz CT molecular complexity index is 725. The summed E-state index contributed by atoms with van der Waals surface area (Å²) in [5, 5.41) is 8.24. The van der Waals surface area contributed by atoms with Gasteiger partial charge in [-0.15, -0.1) is 5.10 Å². The highest BCUT2D eigenvalue weighted by molar-refractivity contribution is 5.61. The lowest BCUT2D eigenvalue weighted by molar-refractivity contribution is 0.104. The molecule has 0 unspecified atom stereocenters. The largest absolute Gasteiger partial charge is 0.483 e. The Balaban J connectivity index is 1.52. The fourth-order valence-corrected chi connectivity index (χ4v) is 3.31. The van der Waals surface area contributed by atoms with Crippen molar-refractivity contribution in [3.63, 3.8) is 0 Å². The van der Waals surface area contributed by atoms with Crippen LogP contribution in [0.15, 0.2) is 34.8 Å². The number of hydrogen-bond donors (Lipinski definition) is 0. The van der Waals surface area contributed by atoms with Crippen LogP contribution in [0.2, 0.25) is 0 Å². The summed E-state index contributed by atoms with van der Waals surface area (Å²) in [6.07, 6.45) is 8.15. The van der Waals surface area contributed by atoms with E-state index in [2.05, 4.69) is 39.4 Å². The summed E-state index contributed by atoms with van der Waals surface area (Å²) in [6, 6.07) is 8.85. The molecule has 1 atom stereocenters. The molecule has 0 N–H and O–H groups in total. The number of aromatic nitrogens is 2. The van der Waals surface area contributed by atoms with Crippen LogP contribution >= 0.6 is 0 Å². The fraction of sp³-hybridized carbons (Fsp3) is 0.444. The van der Waals surface area contributed by atoms with Crippen molar-refractivity contribution in [3.8, 4) is 5.75 Å². The number of hydrogen-bond acceptors (Lipinski definition) is 5. The van der Waals surface area contributed by atoms with Gasteiger partial charge in [0.1, 0.15) is 11.4 Å². The molecule has 5 heteroatoms. The van der Waals surface area contributed by atoms with Crippen LogP contribution in [0.4, 0.5) is 6.01 Å². The van der Waals surface area contributed by atoms with E-state index in [1.807, 2.05) is 19.1 Å². The average Bonchev–Trinajstić information content (AvgIpc) is 2.98. The molecule has 0 aliphatic carbocycles. The van der Waals surface area contributed by atoms with Gasteiger partial charge in [-0.2, -0.15) is 0 Å². The average molecular weight is 311 g/mol. The number of rotatable bonds is 2. The third-order valence-corrected chi connectivity index (χ3v) is 4.66. The van der Waals surface area contributed by atoms with Gasteiger partial charge in [0.2, 0.25) is 5.89 Å². The zero-order valence-electron chi connectivity index (χ0n) is 13.4. The zero-order valence-corrected chi connectivity index (χ0v) is 13.4. The van der Waals surface area contributed by atoms with Gasteiger partial charge in [0.15, 0.2) is 0 Å². The van der Waals surface area contributed by atoms with E-state index in [0.717, 1.165) is 50.1 Å². The van der Waals surface area contributed by atoms with Crippen LogP contribution < -0.4 is 9.64 Å². The number of benzene rings is 1. The van der Waals surface area contributed by atoms with E-state index < -0.39 is 0 Å². The molecule has 1 saturated heterocycles. The third kappa shape index (κ3) is 2.71. The minimum Gasteiger partial charge on any atom is -0.483 e. The van der Waals surface area contributed by atoms with Crippen molar-refractivity contribution in [1.29, 1.82) is 0 Å². The van der Waals surface area contributed by atoms with E-state index in [0.29, 0.717) is 11.9 Å². The first-order chi connectivity index (χ1) is 11.3. The summed E-state index contributed by atoms with van der Waals surface area (Å²) in [4.78, 5) is 2.18. The van der Waals surface area contributed by atoms with Crippen molar-refractivity contribution in [2.24, 2.45) is 0 Å². The molecule has 1 aromatic heterocycles. The second kappa shape index (κ2) is 5.72. The van der Waals surface area contributed by atoms with Gasteiger partial charge in [-0.3, -0.25) is 0 Å². The number of anilines is 1. The van der Waals surface area contributed by atoms with E-state index >= 15 is 0 Å². The molecule has 2 aliphatic heterocycles. The second-order valence-electron chi connectivity index (χ2n) is 6.21. The van der Waals surface area contributed by atoms with Gasteiger partial charge in [0.25, 0.3) is 0 Å². The molecule has 5 nitrogen and oxygen atoms in total. The van der Waals surface area contributed by atoms with Crippen LogP contribution in [0.25, 0.3) is 6.08 Å². The molecule has 3 heterocycles. The van der Waals surface area contributed by atoms with Crippen LogP contribution in [-0.4, -0.2) is 28.9 Å². The maximum atomic E-state index is 6.37. The van der Waals surface area contributed by atoms with Crippen LogP contribution in [0.5, 0.6) is 5.75 Å². The highest BCUT2D eigenvalue weighted by Gasteiger charge is 2.35. The maximum Gasteiger partial charge on any atom is 0.318 e. The minimum absolute atomic E-state index is 0.212. The number of para-hydroxylation sites is 1. The molecule has 1 spiro atoms. The maximum absolute atomic E-state index is 6.37. The molecule has 1 fully saturated rings. The highest BCUT2D eigenvalue weighted by atomic mass is 16.5. The first-order valence-electron chi connectivity index (χ1n) is 8.33. The van der Waals surface area contributed by atoms with Gasteiger partial charge in [-0.1, -0.05) is 36.3 Å². The summed E-state index contributed by atoms with van der Waals surface area (Å²) < 4.78 is 12.1. The van der Waals surface area contributed by atoms with Gasteiger partial charge < -0.3 is 14.1 Å². The Labute approximate surface area is 136 Å². The van der Waals surface area contributed by atoms with Crippen molar-refractivity contribution in [2.75, 3.05) is 18.0 Å². The molecular weight excluding hydrogens is 290 g/mol. The molecule has 1 aromatic carbocycles. The third-order valence-electron chi connectivity index (χ3n) is 4.66. The van der Waals surface area contributed by atoms with Crippen molar-refractivity contribution >= 4 is 12.1 Å². The molecule has 0 saturated carbocycles. The quantitative estimate of drug-likeness (QED) is 0.850. The van der Waals surface area contributed by atoms with E-state index in [-0.39, 0.29) is 5.60 Å². The number of nitrogens with zero attached hydrogens (tertiary/aromatic N) is 3. The SMILES string of the molecule is CCc1nnc(N2CCC[C@]3(C=Cc4ccccc4O3)CC2)o1. The Morgan fingerprint density at radius 2 is 2.09 bits per heavy atom. The molecular formula is C18H21N3O2. The smallest absolute Gasteiger partial charge is 0.318 e. The number of fused-ring (bicyclic) bond motifs is 1. The Morgan fingerprint density at radius 3 is 2.96 bits per heavy atom. The van der Waals surface area contributed by atoms with Gasteiger partial charge in [-0.25, -0.2) is 0 Å². The first-order valence-corrected chi connectivity index (χ1v) is 8.33. The lowest BCUT2D eigenvalue weighted by atomic mass is 9.91. The van der Waals surface area contributed by atoms with Gasteiger partial charge in [-0.05, 0) is 25.0 Å². The van der Waals surface area contributed by atoms with Crippen LogP contribution in [0.3, 0.4) is 0 Å². The summed E-state index contributed by atoms with van der Waals surface area (Å²) >= 11 is 0. The molecule has 0 amide bonds. The van der Waals surface area contributed by atoms with Gasteiger partial charge in [0.05, 0.1) is 0 Å². The Hall–Kier alpha value is -2.30. The molecule has 2 aliphatic rings. The standard InChI is InChI=1S/C18H21N3O2/c1-2-16-19-20-17(22-16)21-12-5-9-18(11-13-21)10-8-14-6-3-4-7-15(14)23-18/h3-4,6-8,10H,2,5,9,11-13H2,1H3/t18-/m0/s1. The van der Waals surface area contributed by atoms with E-state index in [1.165, 1.54) is 0 Å². The monoisotopic (exact) mass is 311 g/mol. The predicted molar refractivity (Wildman–Crippen MR) is 88.6 cm³/mol. The molecule has 120 valence electrons. The summed E-state index contributed by atoms with van der Waals surface area (Å²) in [6.45, 7) is 3.80. The molecule has 0 bridgehead atoms. The summed E-state index contributed by atoms with van der Waals surface area (Å²) in [5.41, 5.74) is 0.945. The number of aryl methyl sites for hydroxylation is 1. The van der Waals surface area contributed by atoms with Crippen molar-refractivity contribution in [1.82, 2.24) is 10.2 Å². The van der Waals surface area contributed by atoms with Crippen molar-refractivity contribution < 1.29 is 9.15 Å². The van der Waals surface area contributed by atoms with Gasteiger partial charge in [0, 0.05) is 31.5 Å². The second-order valence-corrected chi connectivity index (χ2v) is 6.21. The zero-order chi connectivity index (χ0) is 15.7. The van der Waals surface area contributed by atoms with E-state index in [1.54, 1.807) is 0 Å². The normalized spacial score (nSPS) is 23.4. The molecule has 23 heavy (non-hydrogen) atoms. The van der Waals surface area contributed by atoms with Crippen LogP contribution in [0, 0.1) is 0 Å².